The van der Waals surface area contributed by atoms with Crippen molar-refractivity contribution in [1.29, 1.82) is 0 Å². The van der Waals surface area contributed by atoms with Crippen molar-refractivity contribution in [2.75, 3.05) is 13.7 Å². The third-order valence-electron chi connectivity index (χ3n) is 5.28. The van der Waals surface area contributed by atoms with E-state index in [9.17, 15) is 14.7 Å². The molecule has 0 fully saturated rings. The number of esters is 1. The predicted octanol–water partition coefficient (Wildman–Crippen LogP) is 2.11. The number of Topliss-reactive ketones (excluding diaryl/α,β-unsaturated/α-hetero) is 1. The summed E-state index contributed by atoms with van der Waals surface area (Å²) in [7, 11) is 1.50. The molecule has 1 heterocycles. The van der Waals surface area contributed by atoms with Crippen LogP contribution < -0.4 is 4.74 Å². The standard InChI is InChI=1S/C19H19NO6/c1-4-25-18(22)14-9(2)8-12-15-16(20-26-12)13-10(17(21)19(14,15)23)6-5-7-11(13)24-3/h5-7,9,14,23H,4,8H2,1-3H3/t9-,14-,19+/m1/s1. The van der Waals surface area contributed by atoms with Crippen molar-refractivity contribution in [3.63, 3.8) is 0 Å². The Kier molecular flexibility index (Phi) is 3.66. The number of carbonyl (C=O) groups is 2. The zero-order chi connectivity index (χ0) is 18.6. The Bertz CT molecular complexity index is 917. The molecule has 2 aromatic rings. The van der Waals surface area contributed by atoms with Crippen molar-refractivity contribution >= 4 is 11.8 Å². The summed E-state index contributed by atoms with van der Waals surface area (Å²) >= 11 is 0. The number of nitrogens with zero attached hydrogens (tertiary/aromatic N) is 1. The Morgan fingerprint density at radius 1 is 1.46 bits per heavy atom. The summed E-state index contributed by atoms with van der Waals surface area (Å²) in [5, 5.41) is 15.7. The number of hydrogen-bond donors (Lipinski definition) is 1. The quantitative estimate of drug-likeness (QED) is 0.840. The molecule has 4 rings (SSSR count). The first kappa shape index (κ1) is 16.8. The van der Waals surface area contributed by atoms with Crippen molar-refractivity contribution in [3.8, 4) is 17.0 Å². The van der Waals surface area contributed by atoms with Crippen molar-refractivity contribution in [3.05, 3.63) is 35.1 Å². The average molecular weight is 357 g/mol. The molecule has 0 aliphatic heterocycles. The molecule has 0 spiro atoms. The number of carbonyl (C=O) groups excluding carboxylic acids is 2. The van der Waals surface area contributed by atoms with Gasteiger partial charge in [-0.25, -0.2) is 0 Å². The fourth-order valence-electron chi connectivity index (χ4n) is 4.23. The number of aliphatic hydroxyl groups is 1. The number of methoxy groups -OCH3 is 1. The lowest BCUT2D eigenvalue weighted by molar-refractivity contribution is -0.161. The Hall–Kier alpha value is -2.67. The molecular weight excluding hydrogens is 338 g/mol. The van der Waals surface area contributed by atoms with Crippen LogP contribution in [0, 0.1) is 11.8 Å². The van der Waals surface area contributed by atoms with Crippen LogP contribution in [0.2, 0.25) is 0 Å². The van der Waals surface area contributed by atoms with Crippen LogP contribution in [0.15, 0.2) is 22.7 Å². The van der Waals surface area contributed by atoms with Crippen LogP contribution in [0.3, 0.4) is 0 Å². The molecule has 3 atom stereocenters. The van der Waals surface area contributed by atoms with Gasteiger partial charge in [0.05, 0.1) is 24.8 Å². The molecule has 2 aliphatic carbocycles. The Morgan fingerprint density at radius 3 is 2.92 bits per heavy atom. The van der Waals surface area contributed by atoms with Gasteiger partial charge in [-0.15, -0.1) is 0 Å². The number of rotatable bonds is 3. The first-order valence-electron chi connectivity index (χ1n) is 8.55. The van der Waals surface area contributed by atoms with E-state index in [1.807, 2.05) is 0 Å². The van der Waals surface area contributed by atoms with Crippen LogP contribution in [0.4, 0.5) is 0 Å². The summed E-state index contributed by atoms with van der Waals surface area (Å²) in [4.78, 5) is 26.0. The highest BCUT2D eigenvalue weighted by molar-refractivity contribution is 6.14. The Morgan fingerprint density at radius 2 is 2.23 bits per heavy atom. The normalized spacial score (nSPS) is 26.1. The van der Waals surface area contributed by atoms with Gasteiger partial charge < -0.3 is 19.1 Å². The maximum Gasteiger partial charge on any atom is 0.313 e. The molecule has 0 bridgehead atoms. The second-order valence-electron chi connectivity index (χ2n) is 6.72. The average Bonchev–Trinajstić information content (AvgIpc) is 3.04. The molecule has 2 aliphatic rings. The van der Waals surface area contributed by atoms with E-state index >= 15 is 0 Å². The number of benzene rings is 1. The fourth-order valence-corrected chi connectivity index (χ4v) is 4.23. The van der Waals surface area contributed by atoms with Crippen LogP contribution in [0.25, 0.3) is 11.3 Å². The van der Waals surface area contributed by atoms with Gasteiger partial charge in [-0.3, -0.25) is 9.59 Å². The molecule has 1 aromatic heterocycles. The largest absolute Gasteiger partial charge is 0.496 e. The summed E-state index contributed by atoms with van der Waals surface area (Å²) in [5.74, 6) is -1.66. The molecule has 7 nitrogen and oxygen atoms in total. The lowest BCUT2D eigenvalue weighted by Gasteiger charge is -2.42. The summed E-state index contributed by atoms with van der Waals surface area (Å²) in [5.41, 5.74) is -0.727. The van der Waals surface area contributed by atoms with Crippen molar-refractivity contribution in [2.45, 2.75) is 25.9 Å². The second-order valence-corrected chi connectivity index (χ2v) is 6.72. The summed E-state index contributed by atoms with van der Waals surface area (Å²) in [6.45, 7) is 3.65. The van der Waals surface area contributed by atoms with E-state index in [0.29, 0.717) is 29.2 Å². The van der Waals surface area contributed by atoms with E-state index in [4.69, 9.17) is 14.0 Å². The number of ether oxygens (including phenoxy) is 2. The third kappa shape index (κ3) is 1.94. The summed E-state index contributed by atoms with van der Waals surface area (Å²) in [6.07, 6.45) is 0.381. The van der Waals surface area contributed by atoms with Gasteiger partial charge >= 0.3 is 5.97 Å². The monoisotopic (exact) mass is 357 g/mol. The minimum absolute atomic E-state index is 0.167. The van der Waals surface area contributed by atoms with Crippen molar-refractivity contribution in [2.24, 2.45) is 11.8 Å². The van der Waals surface area contributed by atoms with Crippen LogP contribution >= 0.6 is 0 Å². The molecule has 1 aromatic carbocycles. The SMILES string of the molecule is CCOC(=O)[C@H]1[C@H](C)Cc2onc3c2[C@]1(O)C(=O)c1cccc(OC)c1-3. The molecular formula is C19H19NO6. The number of ketones is 1. The smallest absolute Gasteiger partial charge is 0.313 e. The molecule has 0 saturated heterocycles. The summed E-state index contributed by atoms with van der Waals surface area (Å²) in [6, 6.07) is 4.97. The highest BCUT2D eigenvalue weighted by Crippen LogP contribution is 2.54. The van der Waals surface area contributed by atoms with Crippen LogP contribution in [0.5, 0.6) is 5.75 Å². The van der Waals surface area contributed by atoms with Gasteiger partial charge in [0.2, 0.25) is 5.78 Å². The number of aromatic nitrogens is 1. The lowest BCUT2D eigenvalue weighted by Crippen LogP contribution is -2.54. The Balaban J connectivity index is 2.01. The molecule has 0 saturated carbocycles. The van der Waals surface area contributed by atoms with E-state index in [0.717, 1.165) is 0 Å². The fraction of sp³-hybridized carbons (Fsp3) is 0.421. The van der Waals surface area contributed by atoms with Gasteiger partial charge in [-0.05, 0) is 18.9 Å². The lowest BCUT2D eigenvalue weighted by atomic mass is 9.62. The number of hydrogen-bond acceptors (Lipinski definition) is 7. The van der Waals surface area contributed by atoms with Crippen molar-refractivity contribution < 1.29 is 28.7 Å². The van der Waals surface area contributed by atoms with Gasteiger partial charge in [0.1, 0.15) is 23.1 Å². The summed E-state index contributed by atoms with van der Waals surface area (Å²) < 4.78 is 16.0. The van der Waals surface area contributed by atoms with E-state index in [-0.39, 0.29) is 23.7 Å². The molecule has 1 N–H and O–H groups in total. The zero-order valence-corrected chi connectivity index (χ0v) is 14.7. The number of fused-ring (bicyclic) bond motifs is 2. The van der Waals surface area contributed by atoms with Gasteiger partial charge in [0, 0.05) is 12.0 Å². The van der Waals surface area contributed by atoms with Crippen molar-refractivity contribution in [1.82, 2.24) is 5.16 Å². The third-order valence-corrected chi connectivity index (χ3v) is 5.28. The highest BCUT2D eigenvalue weighted by Gasteiger charge is 2.61. The molecule has 26 heavy (non-hydrogen) atoms. The van der Waals surface area contributed by atoms with Gasteiger partial charge in [-0.2, -0.15) is 0 Å². The maximum atomic E-state index is 13.4. The highest BCUT2D eigenvalue weighted by atomic mass is 16.5. The van der Waals surface area contributed by atoms with Gasteiger partial charge in [0.25, 0.3) is 0 Å². The first-order valence-corrected chi connectivity index (χ1v) is 8.55. The predicted molar refractivity (Wildman–Crippen MR) is 89.7 cm³/mol. The molecule has 0 radical (unpaired) electrons. The molecule has 7 heteroatoms. The molecule has 0 unspecified atom stereocenters. The molecule has 0 amide bonds. The van der Waals surface area contributed by atoms with Crippen LogP contribution in [-0.2, 0) is 21.6 Å². The minimum atomic E-state index is -2.06. The van der Waals surface area contributed by atoms with E-state index < -0.39 is 23.3 Å². The van der Waals surface area contributed by atoms with E-state index in [1.54, 1.807) is 32.0 Å². The minimum Gasteiger partial charge on any atom is -0.496 e. The zero-order valence-electron chi connectivity index (χ0n) is 14.7. The van der Waals surface area contributed by atoms with Crippen LogP contribution in [-0.4, -0.2) is 35.7 Å². The van der Waals surface area contributed by atoms with Crippen LogP contribution in [0.1, 0.15) is 35.5 Å². The van der Waals surface area contributed by atoms with Gasteiger partial charge in [0.15, 0.2) is 5.60 Å². The second kappa shape index (κ2) is 5.67. The molecule has 136 valence electrons. The Labute approximate surface area is 149 Å². The van der Waals surface area contributed by atoms with Gasteiger partial charge in [-0.1, -0.05) is 24.2 Å². The topological polar surface area (TPSA) is 98.9 Å². The first-order chi connectivity index (χ1) is 12.4. The maximum absolute atomic E-state index is 13.4. The van der Waals surface area contributed by atoms with E-state index in [2.05, 4.69) is 5.16 Å². The van der Waals surface area contributed by atoms with E-state index in [1.165, 1.54) is 7.11 Å².